The summed E-state index contributed by atoms with van der Waals surface area (Å²) in [6.07, 6.45) is 9.97. The Hall–Kier alpha value is -1.38. The second-order valence-electron chi connectivity index (χ2n) is 4.41. The Labute approximate surface area is 103 Å². The van der Waals surface area contributed by atoms with Crippen molar-refractivity contribution in [1.29, 1.82) is 0 Å². The Morgan fingerprint density at radius 1 is 1.24 bits per heavy atom. The zero-order valence-electron chi connectivity index (χ0n) is 10.8. The predicted octanol–water partition coefficient (Wildman–Crippen LogP) is 3.43. The number of anilines is 1. The molecule has 3 heteroatoms. The number of aromatic nitrogens is 2. The molecule has 17 heavy (non-hydrogen) atoms. The van der Waals surface area contributed by atoms with Crippen molar-refractivity contribution >= 4 is 11.4 Å². The molecule has 0 unspecified atom stereocenters. The summed E-state index contributed by atoms with van der Waals surface area (Å²) in [7, 11) is 0. The van der Waals surface area contributed by atoms with E-state index in [1.165, 1.54) is 30.4 Å². The first-order valence-corrected chi connectivity index (χ1v) is 6.64. The summed E-state index contributed by atoms with van der Waals surface area (Å²) < 4.78 is 0. The van der Waals surface area contributed by atoms with Crippen LogP contribution in [0, 0.1) is 0 Å². The van der Waals surface area contributed by atoms with Crippen LogP contribution in [-0.2, 0) is 6.42 Å². The van der Waals surface area contributed by atoms with Crippen molar-refractivity contribution < 1.29 is 0 Å². The van der Waals surface area contributed by atoms with Crippen molar-refractivity contribution in [1.82, 2.24) is 9.97 Å². The summed E-state index contributed by atoms with van der Waals surface area (Å²) in [6.45, 7) is 5.18. The fourth-order valence-electron chi connectivity index (χ4n) is 2.40. The van der Waals surface area contributed by atoms with Gasteiger partial charge in [0.15, 0.2) is 0 Å². The summed E-state index contributed by atoms with van der Waals surface area (Å²) in [5.41, 5.74) is 3.84. The first-order chi connectivity index (χ1) is 8.36. The van der Waals surface area contributed by atoms with Crippen molar-refractivity contribution in [2.24, 2.45) is 0 Å². The zero-order chi connectivity index (χ0) is 12.1. The van der Waals surface area contributed by atoms with E-state index in [-0.39, 0.29) is 0 Å². The molecular weight excluding hydrogens is 210 g/mol. The standard InChI is InChI=1S/C14H21N3/c1-3-12-13(11-8-6-5-7-9-11)16-10-17-14(12)15-4-2/h8,10H,3-7,9H2,1-2H3,(H,15,16,17). The minimum absolute atomic E-state index is 0.905. The summed E-state index contributed by atoms with van der Waals surface area (Å²) in [4.78, 5) is 8.84. The molecule has 1 aliphatic rings. The molecule has 2 rings (SSSR count). The third-order valence-corrected chi connectivity index (χ3v) is 3.24. The van der Waals surface area contributed by atoms with Crippen LogP contribution in [0.4, 0.5) is 5.82 Å². The van der Waals surface area contributed by atoms with Crippen LogP contribution >= 0.6 is 0 Å². The molecule has 1 aromatic rings. The fourth-order valence-corrected chi connectivity index (χ4v) is 2.40. The van der Waals surface area contributed by atoms with Crippen LogP contribution in [0.25, 0.3) is 5.57 Å². The number of hydrogen-bond acceptors (Lipinski definition) is 3. The van der Waals surface area contributed by atoms with Gasteiger partial charge in [0.2, 0.25) is 0 Å². The van der Waals surface area contributed by atoms with Crippen molar-refractivity contribution in [3.8, 4) is 0 Å². The van der Waals surface area contributed by atoms with Gasteiger partial charge in [-0.3, -0.25) is 0 Å². The molecular formula is C14H21N3. The van der Waals surface area contributed by atoms with Gasteiger partial charge in [-0.1, -0.05) is 13.0 Å². The molecule has 0 atom stereocenters. The van der Waals surface area contributed by atoms with Crippen molar-refractivity contribution in [3.05, 3.63) is 23.7 Å². The molecule has 0 bridgehead atoms. The summed E-state index contributed by atoms with van der Waals surface area (Å²) >= 11 is 0. The van der Waals surface area contributed by atoms with E-state index in [1.54, 1.807) is 6.33 Å². The summed E-state index contributed by atoms with van der Waals surface area (Å²) in [5, 5.41) is 3.33. The van der Waals surface area contributed by atoms with Crippen LogP contribution in [0.3, 0.4) is 0 Å². The highest BCUT2D eigenvalue weighted by Crippen LogP contribution is 2.29. The zero-order valence-corrected chi connectivity index (χ0v) is 10.8. The maximum Gasteiger partial charge on any atom is 0.133 e. The molecule has 0 aliphatic heterocycles. The van der Waals surface area contributed by atoms with E-state index in [1.807, 2.05) is 0 Å². The molecule has 1 heterocycles. The van der Waals surface area contributed by atoms with Crippen LogP contribution < -0.4 is 5.32 Å². The molecule has 1 aliphatic carbocycles. The van der Waals surface area contributed by atoms with E-state index in [0.717, 1.165) is 30.9 Å². The highest BCUT2D eigenvalue weighted by atomic mass is 15.0. The smallest absolute Gasteiger partial charge is 0.133 e. The van der Waals surface area contributed by atoms with Gasteiger partial charge in [0, 0.05) is 12.1 Å². The Bertz CT molecular complexity index is 410. The van der Waals surface area contributed by atoms with Crippen LogP contribution in [-0.4, -0.2) is 16.5 Å². The molecule has 0 radical (unpaired) electrons. The van der Waals surface area contributed by atoms with Gasteiger partial charge in [0.05, 0.1) is 5.69 Å². The second-order valence-corrected chi connectivity index (χ2v) is 4.41. The maximum atomic E-state index is 4.50. The highest BCUT2D eigenvalue weighted by Gasteiger charge is 2.14. The fraction of sp³-hybridized carbons (Fsp3) is 0.571. The Balaban J connectivity index is 2.38. The molecule has 3 nitrogen and oxygen atoms in total. The summed E-state index contributed by atoms with van der Waals surface area (Å²) in [6, 6.07) is 0. The number of nitrogens with zero attached hydrogens (tertiary/aromatic N) is 2. The summed E-state index contributed by atoms with van der Waals surface area (Å²) in [5.74, 6) is 1.01. The van der Waals surface area contributed by atoms with Crippen molar-refractivity contribution in [3.63, 3.8) is 0 Å². The lowest BCUT2D eigenvalue weighted by Gasteiger charge is -2.17. The number of rotatable bonds is 4. The Morgan fingerprint density at radius 2 is 2.12 bits per heavy atom. The monoisotopic (exact) mass is 231 g/mol. The lowest BCUT2D eigenvalue weighted by molar-refractivity contribution is 0.738. The predicted molar refractivity (Wildman–Crippen MR) is 72.0 cm³/mol. The van der Waals surface area contributed by atoms with E-state index < -0.39 is 0 Å². The van der Waals surface area contributed by atoms with Crippen LogP contribution in [0.15, 0.2) is 12.4 Å². The van der Waals surface area contributed by atoms with E-state index in [2.05, 4.69) is 35.2 Å². The van der Waals surface area contributed by atoms with Gasteiger partial charge in [-0.25, -0.2) is 9.97 Å². The lowest BCUT2D eigenvalue weighted by atomic mass is 9.94. The number of allylic oxidation sites excluding steroid dienone is 2. The third-order valence-electron chi connectivity index (χ3n) is 3.24. The lowest BCUT2D eigenvalue weighted by Crippen LogP contribution is -2.08. The van der Waals surface area contributed by atoms with Crippen molar-refractivity contribution in [2.45, 2.75) is 46.0 Å². The van der Waals surface area contributed by atoms with E-state index >= 15 is 0 Å². The Kier molecular flexibility index (Phi) is 4.13. The van der Waals surface area contributed by atoms with Gasteiger partial charge >= 0.3 is 0 Å². The second kappa shape index (κ2) is 5.80. The van der Waals surface area contributed by atoms with Gasteiger partial charge in [-0.05, 0) is 44.6 Å². The average Bonchev–Trinajstić information content (AvgIpc) is 2.40. The van der Waals surface area contributed by atoms with Crippen LogP contribution in [0.5, 0.6) is 0 Å². The van der Waals surface area contributed by atoms with Gasteiger partial charge in [0.25, 0.3) is 0 Å². The first-order valence-electron chi connectivity index (χ1n) is 6.64. The molecule has 1 N–H and O–H groups in total. The van der Waals surface area contributed by atoms with Crippen LogP contribution in [0.2, 0.25) is 0 Å². The van der Waals surface area contributed by atoms with Gasteiger partial charge < -0.3 is 5.32 Å². The van der Waals surface area contributed by atoms with E-state index in [9.17, 15) is 0 Å². The average molecular weight is 231 g/mol. The number of nitrogens with one attached hydrogen (secondary N) is 1. The topological polar surface area (TPSA) is 37.8 Å². The minimum Gasteiger partial charge on any atom is -0.370 e. The van der Waals surface area contributed by atoms with Gasteiger partial charge in [-0.2, -0.15) is 0 Å². The largest absolute Gasteiger partial charge is 0.370 e. The minimum atomic E-state index is 0.905. The molecule has 1 aromatic heterocycles. The molecule has 0 fully saturated rings. The van der Waals surface area contributed by atoms with Gasteiger partial charge in [0.1, 0.15) is 12.1 Å². The molecule has 92 valence electrons. The van der Waals surface area contributed by atoms with E-state index in [0.29, 0.717) is 0 Å². The quantitative estimate of drug-likeness (QED) is 0.862. The molecule has 0 saturated heterocycles. The molecule has 0 saturated carbocycles. The highest BCUT2D eigenvalue weighted by molar-refractivity contribution is 5.69. The first kappa shape index (κ1) is 12.1. The van der Waals surface area contributed by atoms with Crippen LogP contribution in [0.1, 0.15) is 50.8 Å². The van der Waals surface area contributed by atoms with E-state index in [4.69, 9.17) is 0 Å². The van der Waals surface area contributed by atoms with Crippen molar-refractivity contribution in [2.75, 3.05) is 11.9 Å². The Morgan fingerprint density at radius 3 is 2.76 bits per heavy atom. The maximum absolute atomic E-state index is 4.50. The normalized spacial score (nSPS) is 15.5. The van der Waals surface area contributed by atoms with Gasteiger partial charge in [-0.15, -0.1) is 0 Å². The molecule has 0 aromatic carbocycles. The molecule has 0 amide bonds. The molecule has 0 spiro atoms. The number of hydrogen-bond donors (Lipinski definition) is 1. The third kappa shape index (κ3) is 2.65. The SMILES string of the molecule is CCNc1ncnc(C2=CCCCC2)c1CC.